The number of nitrogens with one attached hydrogen (secondary N) is 1. The van der Waals surface area contributed by atoms with Gasteiger partial charge in [0.2, 0.25) is 0 Å². The number of hydrogen-bond acceptors (Lipinski definition) is 3. The lowest BCUT2D eigenvalue weighted by Gasteiger charge is -2.06. The van der Waals surface area contributed by atoms with E-state index >= 15 is 0 Å². The first-order chi connectivity index (χ1) is 5.83. The number of ether oxygens (including phenoxy) is 1. The quantitative estimate of drug-likeness (QED) is 0.652. The Bertz CT molecular complexity index is 310. The van der Waals surface area contributed by atoms with Crippen LogP contribution in [0, 0.1) is 0 Å². The fourth-order valence-electron chi connectivity index (χ4n) is 1.55. The molecule has 64 valence electrons. The van der Waals surface area contributed by atoms with Crippen LogP contribution in [0.4, 0.5) is 0 Å². The van der Waals surface area contributed by atoms with Gasteiger partial charge in [0, 0.05) is 24.2 Å². The molecular weight excluding hydrogens is 154 g/mol. The van der Waals surface area contributed by atoms with Crippen LogP contribution in [0.1, 0.15) is 11.1 Å². The topological polar surface area (TPSA) is 41.5 Å². The SMILES string of the molecule is COc1ccc(O)c2c1CNC2. The van der Waals surface area contributed by atoms with Gasteiger partial charge in [-0.25, -0.2) is 0 Å². The summed E-state index contributed by atoms with van der Waals surface area (Å²) in [5.41, 5.74) is 2.05. The van der Waals surface area contributed by atoms with E-state index in [0.717, 1.165) is 30.0 Å². The van der Waals surface area contributed by atoms with Crippen LogP contribution in [0.25, 0.3) is 0 Å². The van der Waals surface area contributed by atoms with Gasteiger partial charge in [-0.15, -0.1) is 0 Å². The van der Waals surface area contributed by atoms with Gasteiger partial charge in [-0.05, 0) is 12.1 Å². The van der Waals surface area contributed by atoms with E-state index in [-0.39, 0.29) is 0 Å². The molecule has 0 aromatic heterocycles. The third kappa shape index (κ3) is 0.940. The van der Waals surface area contributed by atoms with Crippen molar-refractivity contribution < 1.29 is 9.84 Å². The van der Waals surface area contributed by atoms with Crippen molar-refractivity contribution >= 4 is 0 Å². The maximum atomic E-state index is 9.46. The highest BCUT2D eigenvalue weighted by molar-refractivity contribution is 5.49. The molecule has 0 saturated heterocycles. The highest BCUT2D eigenvalue weighted by Gasteiger charge is 2.17. The maximum Gasteiger partial charge on any atom is 0.123 e. The van der Waals surface area contributed by atoms with Crippen LogP contribution < -0.4 is 10.1 Å². The van der Waals surface area contributed by atoms with E-state index < -0.39 is 0 Å². The van der Waals surface area contributed by atoms with Gasteiger partial charge in [0.1, 0.15) is 11.5 Å². The second-order valence-corrected chi connectivity index (χ2v) is 2.85. The Hall–Kier alpha value is -1.22. The van der Waals surface area contributed by atoms with Gasteiger partial charge in [-0.2, -0.15) is 0 Å². The molecule has 0 unspecified atom stereocenters. The van der Waals surface area contributed by atoms with Crippen LogP contribution in [0.5, 0.6) is 11.5 Å². The van der Waals surface area contributed by atoms with E-state index in [1.165, 1.54) is 0 Å². The Kier molecular flexibility index (Phi) is 1.66. The minimum absolute atomic E-state index is 0.357. The second kappa shape index (κ2) is 2.68. The van der Waals surface area contributed by atoms with Crippen molar-refractivity contribution in [3.8, 4) is 11.5 Å². The summed E-state index contributed by atoms with van der Waals surface area (Å²) in [5, 5.41) is 12.6. The predicted molar refractivity (Wildman–Crippen MR) is 45.2 cm³/mol. The fourth-order valence-corrected chi connectivity index (χ4v) is 1.55. The summed E-state index contributed by atoms with van der Waals surface area (Å²) < 4.78 is 5.16. The van der Waals surface area contributed by atoms with Gasteiger partial charge in [0.05, 0.1) is 7.11 Å². The predicted octanol–water partition coefficient (Wildman–Crippen LogP) is 1.00. The lowest BCUT2D eigenvalue weighted by molar-refractivity contribution is 0.407. The van der Waals surface area contributed by atoms with Gasteiger partial charge in [-0.3, -0.25) is 0 Å². The number of aromatic hydroxyl groups is 1. The first-order valence-electron chi connectivity index (χ1n) is 3.91. The Balaban J connectivity index is 2.57. The van der Waals surface area contributed by atoms with Crippen LogP contribution >= 0.6 is 0 Å². The Morgan fingerprint density at radius 2 is 2.08 bits per heavy atom. The van der Waals surface area contributed by atoms with E-state index in [0.29, 0.717) is 5.75 Å². The first-order valence-corrected chi connectivity index (χ1v) is 3.91. The molecule has 1 aliphatic rings. The molecule has 0 fully saturated rings. The molecule has 0 atom stereocenters. The Morgan fingerprint density at radius 3 is 2.83 bits per heavy atom. The van der Waals surface area contributed by atoms with E-state index in [2.05, 4.69) is 5.32 Å². The molecule has 1 heterocycles. The standard InChI is InChI=1S/C9H11NO2/c1-12-9-3-2-8(11)6-4-10-5-7(6)9/h2-3,10-11H,4-5H2,1H3. The molecule has 0 amide bonds. The van der Waals surface area contributed by atoms with Crippen molar-refractivity contribution in [1.29, 1.82) is 0 Å². The summed E-state index contributed by atoms with van der Waals surface area (Å²) in [7, 11) is 1.64. The minimum Gasteiger partial charge on any atom is -0.508 e. The molecule has 1 aromatic carbocycles. The molecule has 0 radical (unpaired) electrons. The summed E-state index contributed by atoms with van der Waals surface area (Å²) >= 11 is 0. The maximum absolute atomic E-state index is 9.46. The highest BCUT2D eigenvalue weighted by Crippen LogP contribution is 2.32. The van der Waals surface area contributed by atoms with Crippen LogP contribution in [-0.4, -0.2) is 12.2 Å². The first kappa shape index (κ1) is 7.43. The van der Waals surface area contributed by atoms with Gasteiger partial charge in [0.15, 0.2) is 0 Å². The van der Waals surface area contributed by atoms with Crippen molar-refractivity contribution in [1.82, 2.24) is 5.32 Å². The number of phenolic OH excluding ortho intramolecular Hbond substituents is 1. The second-order valence-electron chi connectivity index (χ2n) is 2.85. The van der Waals surface area contributed by atoms with Gasteiger partial charge in [-0.1, -0.05) is 0 Å². The summed E-state index contributed by atoms with van der Waals surface area (Å²) in [6.07, 6.45) is 0. The molecule has 0 aliphatic carbocycles. The number of hydrogen-bond donors (Lipinski definition) is 2. The zero-order chi connectivity index (χ0) is 8.55. The van der Waals surface area contributed by atoms with Crippen LogP contribution in [0.15, 0.2) is 12.1 Å². The van der Waals surface area contributed by atoms with Crippen molar-refractivity contribution in [2.24, 2.45) is 0 Å². The normalized spacial score (nSPS) is 14.4. The zero-order valence-electron chi connectivity index (χ0n) is 6.92. The van der Waals surface area contributed by atoms with Crippen LogP contribution in [0.2, 0.25) is 0 Å². The van der Waals surface area contributed by atoms with Crippen LogP contribution in [-0.2, 0) is 13.1 Å². The fraction of sp³-hybridized carbons (Fsp3) is 0.333. The molecule has 0 bridgehead atoms. The molecule has 2 N–H and O–H groups in total. The third-order valence-electron chi connectivity index (χ3n) is 2.19. The van der Waals surface area contributed by atoms with Crippen LogP contribution in [0.3, 0.4) is 0 Å². The average molecular weight is 165 g/mol. The summed E-state index contributed by atoms with van der Waals surface area (Å²) in [6, 6.07) is 3.46. The van der Waals surface area contributed by atoms with Gasteiger partial charge in [0.25, 0.3) is 0 Å². The minimum atomic E-state index is 0.357. The van der Waals surface area contributed by atoms with Gasteiger partial charge >= 0.3 is 0 Å². The summed E-state index contributed by atoms with van der Waals surface area (Å²) in [4.78, 5) is 0. The smallest absolute Gasteiger partial charge is 0.123 e. The Morgan fingerprint density at radius 1 is 1.33 bits per heavy atom. The van der Waals surface area contributed by atoms with Crippen molar-refractivity contribution in [2.45, 2.75) is 13.1 Å². The highest BCUT2D eigenvalue weighted by atomic mass is 16.5. The molecular formula is C9H11NO2. The van der Waals surface area contributed by atoms with E-state index in [1.54, 1.807) is 19.2 Å². The molecule has 12 heavy (non-hydrogen) atoms. The van der Waals surface area contributed by atoms with Crippen molar-refractivity contribution in [3.63, 3.8) is 0 Å². The molecule has 0 spiro atoms. The van der Waals surface area contributed by atoms with Crippen molar-refractivity contribution in [2.75, 3.05) is 7.11 Å². The average Bonchev–Trinajstić information content (AvgIpc) is 2.54. The number of benzene rings is 1. The van der Waals surface area contributed by atoms with E-state index in [4.69, 9.17) is 4.74 Å². The lowest BCUT2D eigenvalue weighted by atomic mass is 10.1. The lowest BCUT2D eigenvalue weighted by Crippen LogP contribution is -2.00. The number of methoxy groups -OCH3 is 1. The molecule has 3 heteroatoms. The largest absolute Gasteiger partial charge is 0.508 e. The number of rotatable bonds is 1. The molecule has 1 aliphatic heterocycles. The molecule has 3 nitrogen and oxygen atoms in total. The molecule has 1 aromatic rings. The molecule has 2 rings (SSSR count). The molecule has 0 saturated carbocycles. The van der Waals surface area contributed by atoms with E-state index in [9.17, 15) is 5.11 Å². The van der Waals surface area contributed by atoms with Crippen molar-refractivity contribution in [3.05, 3.63) is 23.3 Å². The number of fused-ring (bicyclic) bond motifs is 1. The third-order valence-corrected chi connectivity index (χ3v) is 2.19. The zero-order valence-corrected chi connectivity index (χ0v) is 6.92. The summed E-state index contributed by atoms with van der Waals surface area (Å²) in [6.45, 7) is 1.52. The monoisotopic (exact) mass is 165 g/mol. The number of phenols is 1. The van der Waals surface area contributed by atoms with Gasteiger partial charge < -0.3 is 15.2 Å². The van der Waals surface area contributed by atoms with E-state index in [1.807, 2.05) is 0 Å². The Labute approximate surface area is 71.0 Å². The summed E-state index contributed by atoms with van der Waals surface area (Å²) in [5.74, 6) is 1.21.